The van der Waals surface area contributed by atoms with Gasteiger partial charge in [-0.15, -0.1) is 11.8 Å². The van der Waals surface area contributed by atoms with Gasteiger partial charge in [-0.05, 0) is 112 Å². The minimum Gasteiger partial charge on any atom is -0.507 e. The van der Waals surface area contributed by atoms with Crippen molar-refractivity contribution in [2.24, 2.45) is 10.8 Å². The molecule has 2 aliphatic rings. The van der Waals surface area contributed by atoms with Crippen molar-refractivity contribution in [3.05, 3.63) is 77.9 Å². The molecule has 0 amide bonds. The molecule has 4 aromatic rings. The molecule has 6 rings (SSSR count). The third-order valence-electron chi connectivity index (χ3n) is 9.11. The Kier molecular flexibility index (Phi) is 6.73. The summed E-state index contributed by atoms with van der Waals surface area (Å²) < 4.78 is 5.91. The van der Waals surface area contributed by atoms with Gasteiger partial charge in [-0.1, -0.05) is 77.4 Å². The maximum atomic E-state index is 11.7. The van der Waals surface area contributed by atoms with Crippen molar-refractivity contribution in [3.63, 3.8) is 0 Å². The van der Waals surface area contributed by atoms with Crippen LogP contribution in [0, 0.1) is 10.8 Å². The summed E-state index contributed by atoms with van der Waals surface area (Å²) in [5, 5.41) is 13.7. The van der Waals surface area contributed by atoms with Crippen LogP contribution in [0.15, 0.2) is 71.6 Å². The summed E-state index contributed by atoms with van der Waals surface area (Å²) in [5.74, 6) is 1.29. The van der Waals surface area contributed by atoms with Crippen LogP contribution in [-0.2, 0) is 5.41 Å². The van der Waals surface area contributed by atoms with Gasteiger partial charge in [-0.25, -0.2) is 0 Å². The fraction of sp³-hybridized carbons (Fsp3) is 0.405. The SMILES string of the molecule is CCCCOc1ccc(-c2cc3c(O)cc4c(c3cc2SC)-c2ccccc2C42CC(C)(C)CC(C)(C)C2)cc1. The van der Waals surface area contributed by atoms with E-state index in [1.807, 2.05) is 0 Å². The number of hydrogen-bond donors (Lipinski definition) is 1. The Balaban J connectivity index is 1.54. The third kappa shape index (κ3) is 4.51. The molecule has 4 aromatic carbocycles. The molecule has 2 aliphatic carbocycles. The topological polar surface area (TPSA) is 29.5 Å². The second-order valence-corrected chi connectivity index (χ2v) is 14.5. The van der Waals surface area contributed by atoms with Crippen LogP contribution >= 0.6 is 11.8 Å². The van der Waals surface area contributed by atoms with E-state index in [-0.39, 0.29) is 16.2 Å². The number of rotatable bonds is 6. The van der Waals surface area contributed by atoms with E-state index in [4.69, 9.17) is 4.74 Å². The van der Waals surface area contributed by atoms with E-state index in [1.54, 1.807) is 11.8 Å². The molecule has 1 fully saturated rings. The average molecular weight is 551 g/mol. The smallest absolute Gasteiger partial charge is 0.123 e. The first-order valence-corrected chi connectivity index (χ1v) is 16.0. The quantitative estimate of drug-likeness (QED) is 0.191. The van der Waals surface area contributed by atoms with Gasteiger partial charge >= 0.3 is 0 Å². The van der Waals surface area contributed by atoms with E-state index in [0.717, 1.165) is 59.9 Å². The van der Waals surface area contributed by atoms with Crippen molar-refractivity contribution in [3.8, 4) is 33.8 Å². The first-order chi connectivity index (χ1) is 19.1. The lowest BCUT2D eigenvalue weighted by atomic mass is 9.52. The largest absolute Gasteiger partial charge is 0.507 e. The number of phenolic OH excluding ortho intramolecular Hbond substituents is 1. The number of thioether (sulfide) groups is 1. The van der Waals surface area contributed by atoms with E-state index >= 15 is 0 Å². The summed E-state index contributed by atoms with van der Waals surface area (Å²) in [6, 6.07) is 24.1. The molecule has 0 aromatic heterocycles. The van der Waals surface area contributed by atoms with Gasteiger partial charge in [0, 0.05) is 15.7 Å². The number of benzene rings is 4. The zero-order valence-electron chi connectivity index (χ0n) is 24.9. The zero-order valence-corrected chi connectivity index (χ0v) is 25.7. The van der Waals surface area contributed by atoms with Crippen molar-refractivity contribution in [1.82, 2.24) is 0 Å². The molecule has 0 unspecified atom stereocenters. The molecule has 0 atom stereocenters. The second kappa shape index (κ2) is 9.87. The van der Waals surface area contributed by atoms with Crippen LogP contribution in [0.5, 0.6) is 11.5 Å². The lowest BCUT2D eigenvalue weighted by Crippen LogP contribution is -2.43. The molecule has 0 saturated heterocycles. The Morgan fingerprint density at radius 3 is 2.17 bits per heavy atom. The summed E-state index contributed by atoms with van der Waals surface area (Å²) in [7, 11) is 0. The molecule has 3 heteroatoms. The van der Waals surface area contributed by atoms with E-state index < -0.39 is 0 Å². The highest BCUT2D eigenvalue weighted by Crippen LogP contribution is 2.65. The van der Waals surface area contributed by atoms with Crippen LogP contribution in [0.2, 0.25) is 0 Å². The van der Waals surface area contributed by atoms with Crippen LogP contribution in [0.25, 0.3) is 33.0 Å². The highest BCUT2D eigenvalue weighted by Gasteiger charge is 2.53. The fourth-order valence-electron chi connectivity index (χ4n) is 8.32. The molecule has 0 aliphatic heterocycles. The average Bonchev–Trinajstić information content (AvgIpc) is 3.15. The number of unbranched alkanes of at least 4 members (excludes halogenated alkanes) is 1. The lowest BCUT2D eigenvalue weighted by Gasteiger charge is -2.51. The Labute approximate surface area is 244 Å². The van der Waals surface area contributed by atoms with Crippen LogP contribution in [0.1, 0.15) is 77.8 Å². The summed E-state index contributed by atoms with van der Waals surface area (Å²) in [5.41, 5.74) is 8.03. The lowest BCUT2D eigenvalue weighted by molar-refractivity contribution is 0.0645. The standard InChI is InChI=1S/C37H42O2S/c1-7-8-17-39-25-15-13-24(14-16-25)27-18-28-29(19-33(27)40-6)34-26-11-9-10-12-30(26)37(31(34)20-32(28)38)22-35(2,3)21-36(4,5)23-37/h9-16,18-20,38H,7-8,17,21-23H2,1-6H3. The van der Waals surface area contributed by atoms with Gasteiger partial charge in [0.25, 0.3) is 0 Å². The van der Waals surface area contributed by atoms with Gasteiger partial charge < -0.3 is 9.84 Å². The predicted octanol–water partition coefficient (Wildman–Crippen LogP) is 10.6. The van der Waals surface area contributed by atoms with Crippen LogP contribution in [0.4, 0.5) is 0 Å². The Morgan fingerprint density at radius 2 is 1.50 bits per heavy atom. The molecule has 208 valence electrons. The summed E-state index contributed by atoms with van der Waals surface area (Å²) in [6.45, 7) is 12.6. The Morgan fingerprint density at radius 1 is 0.800 bits per heavy atom. The molecule has 40 heavy (non-hydrogen) atoms. The molecule has 0 radical (unpaired) electrons. The maximum Gasteiger partial charge on any atom is 0.123 e. The Bertz CT molecular complexity index is 1560. The van der Waals surface area contributed by atoms with Crippen molar-refractivity contribution >= 4 is 22.5 Å². The molecule has 0 bridgehead atoms. The predicted molar refractivity (Wildman–Crippen MR) is 171 cm³/mol. The molecule has 1 N–H and O–H groups in total. The fourth-order valence-corrected chi connectivity index (χ4v) is 8.95. The normalized spacial score (nSPS) is 18.1. The first kappa shape index (κ1) is 27.3. The summed E-state index contributed by atoms with van der Waals surface area (Å²) in [4.78, 5) is 1.22. The minimum atomic E-state index is -0.0886. The van der Waals surface area contributed by atoms with Crippen molar-refractivity contribution in [2.75, 3.05) is 12.9 Å². The van der Waals surface area contributed by atoms with E-state index in [2.05, 4.69) is 108 Å². The number of fused-ring (bicyclic) bond motifs is 7. The molecular weight excluding hydrogens is 508 g/mol. The van der Waals surface area contributed by atoms with Gasteiger partial charge in [0.2, 0.25) is 0 Å². The Hall–Kier alpha value is -2.91. The number of aromatic hydroxyl groups is 1. The van der Waals surface area contributed by atoms with Gasteiger partial charge in [-0.3, -0.25) is 0 Å². The number of ether oxygens (including phenoxy) is 1. The maximum absolute atomic E-state index is 11.7. The van der Waals surface area contributed by atoms with Gasteiger partial charge in [0.05, 0.1) is 6.61 Å². The minimum absolute atomic E-state index is 0.0886. The van der Waals surface area contributed by atoms with Gasteiger partial charge in [0.1, 0.15) is 11.5 Å². The highest BCUT2D eigenvalue weighted by atomic mass is 32.2. The van der Waals surface area contributed by atoms with Crippen LogP contribution < -0.4 is 4.74 Å². The third-order valence-corrected chi connectivity index (χ3v) is 9.89. The zero-order chi connectivity index (χ0) is 28.3. The number of phenols is 1. The molecular formula is C37H42O2S. The van der Waals surface area contributed by atoms with Crippen LogP contribution in [0.3, 0.4) is 0 Å². The molecule has 0 heterocycles. The van der Waals surface area contributed by atoms with Crippen molar-refractivity contribution < 1.29 is 9.84 Å². The highest BCUT2D eigenvalue weighted by molar-refractivity contribution is 7.98. The van der Waals surface area contributed by atoms with Crippen molar-refractivity contribution in [2.45, 2.75) is 77.0 Å². The van der Waals surface area contributed by atoms with E-state index in [0.29, 0.717) is 5.75 Å². The monoisotopic (exact) mass is 550 g/mol. The van der Waals surface area contributed by atoms with Crippen molar-refractivity contribution in [1.29, 1.82) is 0 Å². The van der Waals surface area contributed by atoms with E-state index in [1.165, 1.54) is 33.6 Å². The summed E-state index contributed by atoms with van der Waals surface area (Å²) in [6.07, 6.45) is 7.74. The summed E-state index contributed by atoms with van der Waals surface area (Å²) >= 11 is 1.77. The molecule has 2 nitrogen and oxygen atoms in total. The molecule has 1 spiro atoms. The van der Waals surface area contributed by atoms with Crippen LogP contribution in [-0.4, -0.2) is 18.0 Å². The molecule has 1 saturated carbocycles. The number of hydrogen-bond acceptors (Lipinski definition) is 3. The second-order valence-electron chi connectivity index (χ2n) is 13.6. The van der Waals surface area contributed by atoms with Gasteiger partial charge in [0.15, 0.2) is 0 Å². The van der Waals surface area contributed by atoms with Gasteiger partial charge in [-0.2, -0.15) is 0 Å². The first-order valence-electron chi connectivity index (χ1n) is 14.8. The van der Waals surface area contributed by atoms with E-state index in [9.17, 15) is 5.11 Å².